The number of carboxylic acid groups (broad SMARTS) is 2. The van der Waals surface area contributed by atoms with Crippen molar-refractivity contribution in [3.05, 3.63) is 72.7 Å². The number of hydrogen-bond donors (Lipinski definition) is 2. The van der Waals surface area contributed by atoms with Crippen LogP contribution in [-0.2, 0) is 9.59 Å². The van der Waals surface area contributed by atoms with E-state index in [0.717, 1.165) is 5.56 Å². The Kier molecular flexibility index (Phi) is 5.21. The fourth-order valence-electron chi connectivity index (χ4n) is 3.05. The van der Waals surface area contributed by atoms with Gasteiger partial charge in [-0.25, -0.2) is 4.98 Å². The summed E-state index contributed by atoms with van der Waals surface area (Å²) >= 11 is 0. The van der Waals surface area contributed by atoms with E-state index in [9.17, 15) is 19.8 Å². The number of ether oxygens (including phenoxy) is 1. The first-order valence-corrected chi connectivity index (χ1v) is 8.20. The van der Waals surface area contributed by atoms with Crippen LogP contribution in [0, 0.1) is 5.92 Å². The Balaban J connectivity index is 2.14. The van der Waals surface area contributed by atoms with Gasteiger partial charge in [0.15, 0.2) is 5.92 Å². The molecule has 1 heterocycles. The molecule has 0 aliphatic carbocycles. The summed E-state index contributed by atoms with van der Waals surface area (Å²) in [6, 6.07) is 15.1. The van der Waals surface area contributed by atoms with E-state index in [2.05, 4.69) is 4.98 Å². The van der Waals surface area contributed by atoms with Crippen LogP contribution in [-0.4, -0.2) is 38.8 Å². The summed E-state index contributed by atoms with van der Waals surface area (Å²) in [7, 11) is 1.45. The fraction of sp³-hybridized carbons (Fsp3) is 0.150. The van der Waals surface area contributed by atoms with E-state index in [1.807, 2.05) is 30.3 Å². The molecule has 0 fully saturated rings. The Labute approximate surface area is 155 Å². The zero-order chi connectivity index (χ0) is 19.4. The number of aromatic nitrogens is 2. The summed E-state index contributed by atoms with van der Waals surface area (Å²) < 4.78 is 6.84. The van der Waals surface area contributed by atoms with Gasteiger partial charge in [0.2, 0.25) is 0 Å². The summed E-state index contributed by atoms with van der Waals surface area (Å²) in [5.74, 6) is -4.18. The van der Waals surface area contributed by atoms with E-state index in [0.29, 0.717) is 17.0 Å². The Hall–Kier alpha value is -3.61. The van der Waals surface area contributed by atoms with Crippen LogP contribution in [0.1, 0.15) is 11.6 Å². The third kappa shape index (κ3) is 3.67. The second-order valence-electron chi connectivity index (χ2n) is 5.91. The molecule has 1 aromatic heterocycles. The van der Waals surface area contributed by atoms with Crippen LogP contribution in [0.15, 0.2) is 67.1 Å². The number of hydrogen-bond acceptors (Lipinski definition) is 4. The average molecular weight is 366 g/mol. The van der Waals surface area contributed by atoms with E-state index < -0.39 is 23.9 Å². The molecular weight excluding hydrogens is 348 g/mol. The number of aliphatic carboxylic acids is 2. The van der Waals surface area contributed by atoms with Crippen molar-refractivity contribution in [1.82, 2.24) is 9.55 Å². The predicted octanol–water partition coefficient (Wildman–Crippen LogP) is 2.93. The van der Waals surface area contributed by atoms with Crippen molar-refractivity contribution in [2.24, 2.45) is 5.92 Å². The number of rotatable bonds is 7. The van der Waals surface area contributed by atoms with Crippen LogP contribution in [0.25, 0.3) is 11.3 Å². The Morgan fingerprint density at radius 1 is 1.00 bits per heavy atom. The van der Waals surface area contributed by atoms with Gasteiger partial charge in [-0.15, -0.1) is 0 Å². The van der Waals surface area contributed by atoms with Crippen molar-refractivity contribution < 1.29 is 24.5 Å². The van der Waals surface area contributed by atoms with Crippen LogP contribution < -0.4 is 4.74 Å². The number of benzene rings is 2. The Morgan fingerprint density at radius 3 is 2.26 bits per heavy atom. The lowest BCUT2D eigenvalue weighted by Crippen LogP contribution is -2.33. The third-order valence-corrected chi connectivity index (χ3v) is 4.30. The maximum absolute atomic E-state index is 11.8. The summed E-state index contributed by atoms with van der Waals surface area (Å²) in [6.07, 6.45) is 3.09. The van der Waals surface area contributed by atoms with Crippen LogP contribution >= 0.6 is 0 Å². The monoisotopic (exact) mass is 366 g/mol. The van der Waals surface area contributed by atoms with Gasteiger partial charge in [-0.3, -0.25) is 9.59 Å². The minimum absolute atomic E-state index is 0.407. The number of carboxylic acids is 2. The van der Waals surface area contributed by atoms with E-state index in [4.69, 9.17) is 4.74 Å². The van der Waals surface area contributed by atoms with Gasteiger partial charge in [0.05, 0.1) is 25.2 Å². The SMILES string of the molecule is COc1ccccc1C(C(C(=O)O)C(=O)O)n1cnc(-c2ccccc2)c1. The van der Waals surface area contributed by atoms with Crippen molar-refractivity contribution in [2.45, 2.75) is 6.04 Å². The molecule has 0 aliphatic heterocycles. The van der Waals surface area contributed by atoms with Gasteiger partial charge in [0.1, 0.15) is 5.75 Å². The van der Waals surface area contributed by atoms with E-state index in [-0.39, 0.29) is 0 Å². The molecule has 0 bridgehead atoms. The normalized spacial score (nSPS) is 11.9. The van der Waals surface area contributed by atoms with E-state index >= 15 is 0 Å². The fourth-order valence-corrected chi connectivity index (χ4v) is 3.05. The lowest BCUT2D eigenvalue weighted by molar-refractivity contribution is -0.156. The minimum Gasteiger partial charge on any atom is -0.496 e. The molecule has 2 N–H and O–H groups in total. The predicted molar refractivity (Wildman–Crippen MR) is 97.6 cm³/mol. The standard InChI is InChI=1S/C20H18N2O5/c1-27-16-10-6-5-9-14(16)18(17(19(23)24)20(25)26)22-11-15(21-12-22)13-7-3-2-4-8-13/h2-12,17-18H,1H3,(H,23,24)(H,25,26). The molecule has 1 atom stereocenters. The summed E-state index contributed by atoms with van der Waals surface area (Å²) in [6.45, 7) is 0. The zero-order valence-corrected chi connectivity index (χ0v) is 14.5. The van der Waals surface area contributed by atoms with Crippen molar-refractivity contribution in [2.75, 3.05) is 7.11 Å². The van der Waals surface area contributed by atoms with E-state index in [1.165, 1.54) is 18.0 Å². The van der Waals surface area contributed by atoms with Crippen molar-refractivity contribution in [3.63, 3.8) is 0 Å². The number of imidazole rings is 1. The zero-order valence-electron chi connectivity index (χ0n) is 14.5. The van der Waals surface area contributed by atoms with Crippen LogP contribution in [0.2, 0.25) is 0 Å². The van der Waals surface area contributed by atoms with Crippen molar-refractivity contribution >= 4 is 11.9 Å². The molecule has 3 aromatic rings. The smallest absolute Gasteiger partial charge is 0.320 e. The molecule has 0 spiro atoms. The summed E-state index contributed by atoms with van der Waals surface area (Å²) in [4.78, 5) is 27.8. The second kappa shape index (κ2) is 7.74. The molecule has 0 saturated carbocycles. The highest BCUT2D eigenvalue weighted by molar-refractivity contribution is 5.94. The topological polar surface area (TPSA) is 102 Å². The molecule has 138 valence electrons. The third-order valence-electron chi connectivity index (χ3n) is 4.30. The van der Waals surface area contributed by atoms with Crippen LogP contribution in [0.4, 0.5) is 0 Å². The molecule has 3 rings (SSSR count). The first-order chi connectivity index (χ1) is 13.0. The summed E-state index contributed by atoms with van der Waals surface area (Å²) in [5.41, 5.74) is 1.91. The minimum atomic E-state index is -1.71. The largest absolute Gasteiger partial charge is 0.496 e. The quantitative estimate of drug-likeness (QED) is 0.624. The summed E-state index contributed by atoms with van der Waals surface area (Å²) in [5, 5.41) is 19.1. The first kappa shape index (κ1) is 18.2. The van der Waals surface area contributed by atoms with Gasteiger partial charge < -0.3 is 19.5 Å². The highest BCUT2D eigenvalue weighted by Gasteiger charge is 2.38. The molecule has 0 radical (unpaired) electrons. The number of nitrogens with zero attached hydrogens (tertiary/aromatic N) is 2. The van der Waals surface area contributed by atoms with Gasteiger partial charge in [0.25, 0.3) is 0 Å². The van der Waals surface area contributed by atoms with Crippen molar-refractivity contribution in [3.8, 4) is 17.0 Å². The molecule has 2 aromatic carbocycles. The lowest BCUT2D eigenvalue weighted by atomic mass is 9.92. The lowest BCUT2D eigenvalue weighted by Gasteiger charge is -2.24. The number of carbonyl (C=O) groups is 2. The number of methoxy groups -OCH3 is 1. The average Bonchev–Trinajstić information content (AvgIpc) is 3.15. The molecule has 0 saturated heterocycles. The Bertz CT molecular complexity index is 938. The van der Waals surface area contributed by atoms with Gasteiger partial charge in [-0.1, -0.05) is 48.5 Å². The molecule has 7 heteroatoms. The molecule has 0 amide bonds. The molecule has 0 aliphatic rings. The van der Waals surface area contributed by atoms with Gasteiger partial charge in [-0.05, 0) is 6.07 Å². The second-order valence-corrected chi connectivity index (χ2v) is 5.91. The van der Waals surface area contributed by atoms with Gasteiger partial charge >= 0.3 is 11.9 Å². The van der Waals surface area contributed by atoms with Gasteiger partial charge in [-0.2, -0.15) is 0 Å². The highest BCUT2D eigenvalue weighted by atomic mass is 16.5. The maximum Gasteiger partial charge on any atom is 0.320 e. The molecule has 1 unspecified atom stereocenters. The van der Waals surface area contributed by atoms with Crippen LogP contribution in [0.5, 0.6) is 5.75 Å². The van der Waals surface area contributed by atoms with Crippen LogP contribution in [0.3, 0.4) is 0 Å². The first-order valence-electron chi connectivity index (χ1n) is 8.20. The number of para-hydroxylation sites is 1. The van der Waals surface area contributed by atoms with Crippen molar-refractivity contribution in [1.29, 1.82) is 0 Å². The Morgan fingerprint density at radius 2 is 1.63 bits per heavy atom. The highest BCUT2D eigenvalue weighted by Crippen LogP contribution is 2.35. The maximum atomic E-state index is 11.8. The molecular formula is C20H18N2O5. The molecule has 7 nitrogen and oxygen atoms in total. The molecule has 27 heavy (non-hydrogen) atoms. The van der Waals surface area contributed by atoms with E-state index in [1.54, 1.807) is 30.5 Å². The van der Waals surface area contributed by atoms with Gasteiger partial charge in [0, 0.05) is 17.3 Å².